The molecule has 2 rings (SSSR count). The Morgan fingerprint density at radius 3 is 2.62 bits per heavy atom. The number of nitrogens with one attached hydrogen (secondary N) is 3. The van der Waals surface area contributed by atoms with Crippen molar-refractivity contribution in [2.45, 2.75) is 19.1 Å². The van der Waals surface area contributed by atoms with Crippen LogP contribution in [0.4, 0.5) is 5.69 Å². The van der Waals surface area contributed by atoms with Crippen LogP contribution in [0.1, 0.15) is 22.3 Å². The van der Waals surface area contributed by atoms with E-state index in [2.05, 4.69) is 22.1 Å². The van der Waals surface area contributed by atoms with Gasteiger partial charge in [-0.1, -0.05) is 48.5 Å². The van der Waals surface area contributed by atoms with E-state index in [9.17, 15) is 13.2 Å². The van der Waals surface area contributed by atoms with E-state index in [4.69, 9.17) is 16.4 Å². The molecule has 0 fully saturated rings. The lowest BCUT2D eigenvalue weighted by molar-refractivity contribution is -0.120. The molecule has 2 aromatic carbocycles. The van der Waals surface area contributed by atoms with Gasteiger partial charge in [-0.3, -0.25) is 19.8 Å². The van der Waals surface area contributed by atoms with Crippen molar-refractivity contribution in [3.8, 4) is 0 Å². The number of allylic oxidation sites excluding steroid dienone is 1. The van der Waals surface area contributed by atoms with Gasteiger partial charge in [0.25, 0.3) is 0 Å². The Labute approximate surface area is 180 Å². The van der Waals surface area contributed by atoms with E-state index in [1.165, 1.54) is 0 Å². The average Bonchev–Trinajstić information content (AvgIpc) is 2.64. The zero-order chi connectivity index (χ0) is 21.3. The summed E-state index contributed by atoms with van der Waals surface area (Å²) in [5, 5.41) is 3.08. The van der Waals surface area contributed by atoms with Crippen molar-refractivity contribution in [2.75, 3.05) is 17.9 Å². The van der Waals surface area contributed by atoms with Crippen LogP contribution in [0.3, 0.4) is 0 Å². The minimum atomic E-state index is -3.60. The van der Waals surface area contributed by atoms with Crippen LogP contribution in [-0.2, 0) is 31.8 Å². The molecule has 162 valence electrons. The fraction of sp³-hybridized carbons (Fsp3) is 0.250. The van der Waals surface area contributed by atoms with Gasteiger partial charge in [0.1, 0.15) is 0 Å². The molecule has 0 saturated heterocycles. The highest BCUT2D eigenvalue weighted by Crippen LogP contribution is 2.22. The SMILES string of the molecule is C=C(C)NOCCNC(=O)Cc1cc(NS(=O)(=O)Cc2ccccc2)ccc1Cl.[HH].[HH].[HH]. The molecule has 7 nitrogen and oxygen atoms in total. The van der Waals surface area contributed by atoms with Crippen molar-refractivity contribution in [1.29, 1.82) is 0 Å². The predicted molar refractivity (Wildman–Crippen MR) is 121 cm³/mol. The summed E-state index contributed by atoms with van der Waals surface area (Å²) < 4.78 is 27.3. The lowest BCUT2D eigenvalue weighted by atomic mass is 10.1. The van der Waals surface area contributed by atoms with E-state index in [1.807, 2.05) is 6.07 Å². The highest BCUT2D eigenvalue weighted by molar-refractivity contribution is 7.91. The average molecular weight is 444 g/mol. The second-order valence-corrected chi connectivity index (χ2v) is 8.54. The molecule has 0 radical (unpaired) electrons. The van der Waals surface area contributed by atoms with Crippen LogP contribution in [0.25, 0.3) is 0 Å². The van der Waals surface area contributed by atoms with Crippen molar-refractivity contribution in [3.05, 3.63) is 77.0 Å². The Morgan fingerprint density at radius 2 is 1.93 bits per heavy atom. The second-order valence-electron chi connectivity index (χ2n) is 6.41. The molecule has 0 aromatic heterocycles. The molecule has 0 unspecified atom stereocenters. The van der Waals surface area contributed by atoms with Gasteiger partial charge >= 0.3 is 0 Å². The third-order valence-corrected chi connectivity index (χ3v) is 5.27. The van der Waals surface area contributed by atoms with Gasteiger partial charge in [-0.25, -0.2) is 8.42 Å². The maximum absolute atomic E-state index is 12.4. The lowest BCUT2D eigenvalue weighted by Crippen LogP contribution is -2.30. The van der Waals surface area contributed by atoms with Gasteiger partial charge < -0.3 is 5.32 Å². The number of amides is 1. The van der Waals surface area contributed by atoms with Crippen LogP contribution >= 0.6 is 11.6 Å². The molecule has 0 bridgehead atoms. The Balaban J connectivity index is 0. The molecule has 0 aliphatic heterocycles. The molecule has 9 heteroatoms. The van der Waals surface area contributed by atoms with Crippen molar-refractivity contribution in [2.24, 2.45) is 0 Å². The zero-order valence-corrected chi connectivity index (χ0v) is 17.6. The van der Waals surface area contributed by atoms with E-state index in [0.717, 1.165) is 0 Å². The second kappa shape index (κ2) is 10.8. The molecule has 0 heterocycles. The molecule has 1 amide bonds. The van der Waals surface area contributed by atoms with Crippen molar-refractivity contribution >= 4 is 33.2 Å². The van der Waals surface area contributed by atoms with Crippen molar-refractivity contribution in [3.63, 3.8) is 0 Å². The number of benzene rings is 2. The summed E-state index contributed by atoms with van der Waals surface area (Å²) in [6, 6.07) is 13.5. The van der Waals surface area contributed by atoms with Crippen molar-refractivity contribution in [1.82, 2.24) is 10.8 Å². The summed E-state index contributed by atoms with van der Waals surface area (Å²) in [7, 11) is -3.60. The predicted octanol–water partition coefficient (Wildman–Crippen LogP) is 3.73. The van der Waals surface area contributed by atoms with Gasteiger partial charge in [-0.05, 0) is 36.2 Å². The fourth-order valence-electron chi connectivity index (χ4n) is 2.43. The molecule has 0 aliphatic carbocycles. The minimum Gasteiger partial charge on any atom is -0.353 e. The summed E-state index contributed by atoms with van der Waals surface area (Å²) in [4.78, 5) is 17.2. The van der Waals surface area contributed by atoms with Gasteiger partial charge in [0.05, 0.1) is 18.8 Å². The van der Waals surface area contributed by atoms with E-state index in [1.54, 1.807) is 49.4 Å². The number of rotatable bonds is 11. The zero-order valence-electron chi connectivity index (χ0n) is 16.1. The van der Waals surface area contributed by atoms with E-state index in [0.29, 0.717) is 34.1 Å². The van der Waals surface area contributed by atoms with Crippen molar-refractivity contribution < 1.29 is 22.3 Å². The number of hydrogen-bond acceptors (Lipinski definition) is 5. The van der Waals surface area contributed by atoms with Gasteiger partial charge in [0.15, 0.2) is 0 Å². The summed E-state index contributed by atoms with van der Waals surface area (Å²) in [5.41, 5.74) is 4.80. The summed E-state index contributed by atoms with van der Waals surface area (Å²) in [6.45, 7) is 5.95. The maximum Gasteiger partial charge on any atom is 0.236 e. The van der Waals surface area contributed by atoms with Gasteiger partial charge in [0, 0.05) is 27.2 Å². The Bertz CT molecular complexity index is 964. The summed E-state index contributed by atoms with van der Waals surface area (Å²) in [5.74, 6) is -0.403. The Hall–Kier alpha value is -2.55. The Kier molecular flexibility index (Phi) is 8.50. The number of hydroxylamine groups is 1. The number of carbonyl (C=O) groups excluding carboxylic acids is 1. The molecular weight excluding hydrogens is 414 g/mol. The van der Waals surface area contributed by atoms with E-state index in [-0.39, 0.29) is 29.0 Å². The fourth-order valence-corrected chi connectivity index (χ4v) is 3.81. The molecule has 0 saturated carbocycles. The van der Waals surface area contributed by atoms with Gasteiger partial charge in [0.2, 0.25) is 15.9 Å². The van der Waals surface area contributed by atoms with Gasteiger partial charge in [-0.15, -0.1) is 0 Å². The van der Waals surface area contributed by atoms with E-state index < -0.39 is 10.0 Å². The van der Waals surface area contributed by atoms with Crippen LogP contribution in [0.5, 0.6) is 0 Å². The molecule has 0 spiro atoms. The third-order valence-electron chi connectivity index (χ3n) is 3.64. The largest absolute Gasteiger partial charge is 0.353 e. The first-order valence-electron chi connectivity index (χ1n) is 8.88. The van der Waals surface area contributed by atoms with Gasteiger partial charge in [-0.2, -0.15) is 0 Å². The number of anilines is 1. The molecule has 0 aliphatic rings. The smallest absolute Gasteiger partial charge is 0.236 e. The molecule has 3 N–H and O–H groups in total. The molecular formula is C20H30ClN3O4S. The van der Waals surface area contributed by atoms with Crippen LogP contribution < -0.4 is 15.5 Å². The quantitative estimate of drug-likeness (QED) is 0.363. The molecule has 2 aromatic rings. The standard InChI is InChI=1S/C20H24ClN3O4S.3H2/c1-15(2)23-28-11-10-22-20(25)13-17-12-18(8-9-19(17)21)24-29(26,27)14-16-6-4-3-5-7-16;;;/h3-9,12,23-24H,1,10-11,13-14H2,2H3,(H,22,25);3*1H. The van der Waals surface area contributed by atoms with Crippen LogP contribution in [0.2, 0.25) is 5.02 Å². The number of halogens is 1. The maximum atomic E-state index is 12.4. The third kappa shape index (κ3) is 8.55. The Morgan fingerprint density at radius 1 is 1.21 bits per heavy atom. The lowest BCUT2D eigenvalue weighted by Gasteiger charge is -2.11. The topological polar surface area (TPSA) is 96.5 Å². The van der Waals surface area contributed by atoms with Crippen LogP contribution in [0.15, 0.2) is 60.8 Å². The number of sulfonamides is 1. The van der Waals surface area contributed by atoms with Crippen LogP contribution in [0, 0.1) is 0 Å². The van der Waals surface area contributed by atoms with E-state index >= 15 is 0 Å². The molecule has 0 atom stereocenters. The van der Waals surface area contributed by atoms with Crippen LogP contribution in [-0.4, -0.2) is 27.5 Å². The molecule has 29 heavy (non-hydrogen) atoms. The first kappa shape index (κ1) is 22.7. The minimum absolute atomic E-state index is 0. The first-order chi connectivity index (χ1) is 13.7. The number of carbonyl (C=O) groups is 1. The first-order valence-corrected chi connectivity index (χ1v) is 10.9. The highest BCUT2D eigenvalue weighted by Gasteiger charge is 2.14. The summed E-state index contributed by atoms with van der Waals surface area (Å²) in [6.07, 6.45) is 0.0149. The monoisotopic (exact) mass is 443 g/mol. The normalized spacial score (nSPS) is 11.0. The highest BCUT2D eigenvalue weighted by atomic mass is 35.5. The number of hydrogen-bond donors (Lipinski definition) is 3. The summed E-state index contributed by atoms with van der Waals surface area (Å²) >= 11 is 6.16.